The quantitative estimate of drug-likeness (QED) is 0.0654. The van der Waals surface area contributed by atoms with Crippen LogP contribution in [0.1, 0.15) is 28.4 Å². The summed E-state index contributed by atoms with van der Waals surface area (Å²) in [5.41, 5.74) is 13.1. The van der Waals surface area contributed by atoms with Crippen LogP contribution in [0.15, 0.2) is 55.1 Å². The van der Waals surface area contributed by atoms with Gasteiger partial charge in [0.1, 0.15) is 48.2 Å². The summed E-state index contributed by atoms with van der Waals surface area (Å²) in [7, 11) is -11.5. The second-order valence-corrected chi connectivity index (χ2v) is 14.6. The van der Waals surface area contributed by atoms with E-state index in [1.165, 1.54) is 33.7 Å². The van der Waals surface area contributed by atoms with Crippen molar-refractivity contribution in [3.63, 3.8) is 0 Å². The van der Waals surface area contributed by atoms with Crippen molar-refractivity contribution in [2.24, 2.45) is 5.73 Å². The van der Waals surface area contributed by atoms with Gasteiger partial charge in [-0.1, -0.05) is 29.8 Å². The fraction of sp³-hybridized carbons (Fsp3) is 0.393. The molecular formula is C28H32N7O14P2-. The number of anilines is 1. The molecule has 3 aromatic heterocycles. The van der Waals surface area contributed by atoms with Gasteiger partial charge in [0.05, 0.1) is 13.2 Å². The monoisotopic (exact) mass is 752 g/mol. The Kier molecular flexibility index (Phi) is 10.4. The number of rotatable bonds is 12. The van der Waals surface area contributed by atoms with Crippen molar-refractivity contribution in [2.75, 3.05) is 18.9 Å². The maximum Gasteiger partial charge on any atom is 0.292 e. The van der Waals surface area contributed by atoms with E-state index < -0.39 is 83.8 Å². The van der Waals surface area contributed by atoms with Crippen LogP contribution >= 0.6 is 15.6 Å². The third-order valence-corrected chi connectivity index (χ3v) is 10.7. The Morgan fingerprint density at radius 1 is 0.961 bits per heavy atom. The molecule has 2 aliphatic heterocycles. The number of carbonyl (C=O) groups is 1. The van der Waals surface area contributed by atoms with Gasteiger partial charge < -0.3 is 60.2 Å². The molecule has 10 atom stereocenters. The highest BCUT2D eigenvalue weighted by molar-refractivity contribution is 7.59. The largest absolute Gasteiger partial charge is 0.756 e. The van der Waals surface area contributed by atoms with Crippen molar-refractivity contribution in [3.05, 3.63) is 66.2 Å². The molecule has 1 amide bonds. The van der Waals surface area contributed by atoms with Crippen molar-refractivity contribution in [1.82, 2.24) is 19.5 Å². The number of carbonyl (C=O) groups excluding carboxylic acids is 1. The number of fused-ring (bicyclic) bond motifs is 1. The molecule has 274 valence electrons. The molecule has 2 unspecified atom stereocenters. The number of primary amides is 1. The maximum atomic E-state index is 12.5. The zero-order valence-corrected chi connectivity index (χ0v) is 28.2. The Labute approximate surface area is 287 Å². The van der Waals surface area contributed by atoms with Gasteiger partial charge in [-0.15, -0.1) is 0 Å². The fourth-order valence-corrected chi connectivity index (χ4v) is 7.58. The lowest BCUT2D eigenvalue weighted by atomic mass is 10.1. The third kappa shape index (κ3) is 7.71. The van der Waals surface area contributed by atoms with Crippen molar-refractivity contribution < 1.29 is 71.5 Å². The van der Waals surface area contributed by atoms with E-state index in [-0.39, 0.29) is 28.4 Å². The van der Waals surface area contributed by atoms with Gasteiger partial charge in [-0.05, 0) is 13.0 Å². The molecule has 0 spiro atoms. The Morgan fingerprint density at radius 2 is 1.59 bits per heavy atom. The summed E-state index contributed by atoms with van der Waals surface area (Å²) in [5, 5.41) is 42.6. The average Bonchev–Trinajstić information content (AvgIpc) is 3.70. The third-order valence-electron chi connectivity index (χ3n) is 8.14. The summed E-state index contributed by atoms with van der Waals surface area (Å²) in [6.07, 6.45) is -8.75. The number of hydrogen-bond acceptors (Lipinski definition) is 18. The summed E-state index contributed by atoms with van der Waals surface area (Å²) in [4.78, 5) is 49.1. The van der Waals surface area contributed by atoms with Gasteiger partial charge in [0.25, 0.3) is 27.8 Å². The molecule has 8 N–H and O–H groups in total. The van der Waals surface area contributed by atoms with Crippen LogP contribution < -0.4 is 25.8 Å². The molecule has 0 saturated carbocycles. The topological polar surface area (TPSA) is 324 Å². The Balaban J connectivity index is 1.10. The van der Waals surface area contributed by atoms with Gasteiger partial charge in [0, 0.05) is 11.6 Å². The summed E-state index contributed by atoms with van der Waals surface area (Å²) in [6, 6.07) is 9.91. The number of hydrogen-bond donors (Lipinski definition) is 6. The van der Waals surface area contributed by atoms with Crippen molar-refractivity contribution in [3.8, 4) is 11.4 Å². The normalized spacial score (nSPS) is 28.8. The molecule has 5 heterocycles. The van der Waals surface area contributed by atoms with Crippen molar-refractivity contribution >= 4 is 38.5 Å². The van der Waals surface area contributed by atoms with Gasteiger partial charge in [-0.3, -0.25) is 18.5 Å². The van der Waals surface area contributed by atoms with Gasteiger partial charge in [0.15, 0.2) is 41.7 Å². The molecule has 2 fully saturated rings. The lowest BCUT2D eigenvalue weighted by molar-refractivity contribution is -0.765. The highest BCUT2D eigenvalue weighted by atomic mass is 31.3. The summed E-state index contributed by atoms with van der Waals surface area (Å²) in [5.74, 6) is -0.534. The van der Waals surface area contributed by atoms with Crippen LogP contribution in [-0.4, -0.2) is 95.7 Å². The average molecular weight is 753 g/mol. The molecular weight excluding hydrogens is 720 g/mol. The van der Waals surface area contributed by atoms with E-state index in [2.05, 4.69) is 28.3 Å². The van der Waals surface area contributed by atoms with E-state index in [0.717, 1.165) is 11.9 Å². The second kappa shape index (κ2) is 14.3. The van der Waals surface area contributed by atoms with Gasteiger partial charge in [0.2, 0.25) is 0 Å². The zero-order valence-electron chi connectivity index (χ0n) is 26.4. The number of amides is 1. The predicted octanol–water partition coefficient (Wildman–Crippen LogP) is -2.30. The number of nitrogens with two attached hydrogens (primary N) is 2. The molecule has 21 nitrogen and oxygen atoms in total. The number of phosphoric ester groups is 2. The van der Waals surface area contributed by atoms with E-state index in [9.17, 15) is 44.1 Å². The van der Waals surface area contributed by atoms with E-state index in [1.54, 1.807) is 12.1 Å². The lowest BCUT2D eigenvalue weighted by Crippen LogP contribution is -2.46. The fourth-order valence-electron chi connectivity index (χ4n) is 5.56. The first-order chi connectivity index (χ1) is 24.0. The van der Waals surface area contributed by atoms with Gasteiger partial charge >= 0.3 is 0 Å². The van der Waals surface area contributed by atoms with Crippen LogP contribution in [0.25, 0.3) is 22.6 Å². The van der Waals surface area contributed by atoms with Gasteiger partial charge in [-0.2, -0.15) is 4.57 Å². The summed E-state index contributed by atoms with van der Waals surface area (Å²) in [6.45, 7) is -0.138. The highest BCUT2D eigenvalue weighted by Crippen LogP contribution is 2.56. The molecule has 0 bridgehead atoms. The Bertz CT molecular complexity index is 2020. The Hall–Kier alpha value is -3.79. The number of aromatic nitrogens is 5. The summed E-state index contributed by atoms with van der Waals surface area (Å²) < 4.78 is 52.3. The number of phosphoric acid groups is 2. The van der Waals surface area contributed by atoms with Crippen molar-refractivity contribution in [1.29, 1.82) is 0 Å². The van der Waals surface area contributed by atoms with E-state index in [0.29, 0.717) is 5.56 Å². The first kappa shape index (κ1) is 37.0. The van der Waals surface area contributed by atoms with E-state index >= 15 is 0 Å². The minimum absolute atomic E-state index is 0.0209. The molecule has 6 rings (SSSR count). The van der Waals surface area contributed by atoms with Crippen LogP contribution in [0.3, 0.4) is 0 Å². The first-order valence-corrected chi connectivity index (χ1v) is 18.0. The molecule has 2 aliphatic rings. The Morgan fingerprint density at radius 3 is 2.24 bits per heavy atom. The number of ether oxygens (including phenoxy) is 2. The van der Waals surface area contributed by atoms with Gasteiger partial charge in [-0.25, -0.2) is 19.3 Å². The minimum Gasteiger partial charge on any atom is -0.756 e. The number of imidazole rings is 1. The van der Waals surface area contributed by atoms with E-state index in [1.807, 2.05) is 19.1 Å². The SMILES string of the molecule is Cc1ccc(-c2nc3c(N)ncnc3n2[C@@H]2O[C@H](COP(=O)([O-])OP(=O)([O-])OC[C@H]3O[C@@H]([n+]4cccc(C(N)=O)c4)[C@H](O)[C@@H]3O)[C@@H](O)[C@H]2O)cc1. The van der Waals surface area contributed by atoms with Crippen molar-refractivity contribution in [2.45, 2.75) is 56.0 Å². The van der Waals surface area contributed by atoms with Crippen LogP contribution in [-0.2, 0) is 32.0 Å². The molecule has 51 heavy (non-hydrogen) atoms. The molecule has 0 aliphatic carbocycles. The van der Waals surface area contributed by atoms with E-state index in [4.69, 9.17) is 20.9 Å². The highest BCUT2D eigenvalue weighted by Gasteiger charge is 2.49. The predicted molar refractivity (Wildman–Crippen MR) is 165 cm³/mol. The number of aryl methyl sites for hydroxylation is 1. The standard InChI is InChI=1S/C28H33N7O14P2/c1-13-4-6-14(7-5-13)25-33-18-23(29)31-12-32-26(18)35(25)28-22(39)20(37)17(48-28)11-46-51(43,44)49-50(41,42)45-10-16-19(36)21(38)27(47-16)34-8-2-3-15(9-34)24(30)40/h2-9,12,16-17,19-22,27-28,36-39H,10-11H2,1H3,(H5-,29,30,31,32,40,41,42,43,44)/p-1/t16-,17-,19-,20-,21-,22-,27-,28-/m1/s1. The minimum atomic E-state index is -5.74. The molecule has 1 aromatic carbocycles. The molecule has 0 radical (unpaired) electrons. The molecule has 23 heteroatoms. The second-order valence-electron chi connectivity index (χ2n) is 11.7. The number of aliphatic hydroxyl groups is 4. The number of nitrogens with zero attached hydrogens (tertiary/aromatic N) is 5. The number of nitrogen functional groups attached to an aromatic ring is 1. The number of benzene rings is 1. The number of aliphatic hydroxyl groups excluding tert-OH is 4. The molecule has 2 saturated heterocycles. The van der Waals surface area contributed by atoms with Crippen LogP contribution in [0.2, 0.25) is 0 Å². The summed E-state index contributed by atoms with van der Waals surface area (Å²) >= 11 is 0. The van der Waals surface area contributed by atoms with Crippen LogP contribution in [0.5, 0.6) is 0 Å². The zero-order chi connectivity index (χ0) is 36.8. The van der Waals surface area contributed by atoms with Crippen LogP contribution in [0, 0.1) is 6.92 Å². The smallest absolute Gasteiger partial charge is 0.292 e. The number of pyridine rings is 1. The lowest BCUT2D eigenvalue weighted by Gasteiger charge is -2.31. The maximum absolute atomic E-state index is 12.5. The molecule has 4 aromatic rings. The van der Waals surface area contributed by atoms with Crippen LogP contribution in [0.4, 0.5) is 5.82 Å². The first-order valence-electron chi connectivity index (χ1n) is 15.1.